The van der Waals surface area contributed by atoms with Crippen LogP contribution in [0, 0.1) is 6.92 Å². The van der Waals surface area contributed by atoms with Crippen LogP contribution >= 0.6 is 11.6 Å². The summed E-state index contributed by atoms with van der Waals surface area (Å²) in [5, 5.41) is 8.69. The van der Waals surface area contributed by atoms with Crippen molar-refractivity contribution in [1.82, 2.24) is 19.4 Å². The van der Waals surface area contributed by atoms with Crippen LogP contribution in [0.25, 0.3) is 11.5 Å². The maximum absolute atomic E-state index is 12.9. The van der Waals surface area contributed by atoms with Gasteiger partial charge in [0.25, 0.3) is 0 Å². The predicted molar refractivity (Wildman–Crippen MR) is 115 cm³/mol. The Labute approximate surface area is 181 Å². The average molecular weight is 447 g/mol. The Morgan fingerprint density at radius 1 is 1.03 bits per heavy atom. The van der Waals surface area contributed by atoms with E-state index in [-0.39, 0.29) is 4.90 Å². The number of hydrogen-bond acceptors (Lipinski definition) is 6. The fourth-order valence-corrected chi connectivity index (χ4v) is 5.08. The summed E-state index contributed by atoms with van der Waals surface area (Å²) in [6.07, 6.45) is 0.625. The van der Waals surface area contributed by atoms with Crippen LogP contribution in [-0.4, -0.2) is 60.5 Å². The molecule has 0 aliphatic carbocycles. The molecule has 2 aromatic carbocycles. The Balaban J connectivity index is 1.32. The number of hydrogen-bond donors (Lipinski definition) is 0. The van der Waals surface area contributed by atoms with E-state index in [1.54, 1.807) is 12.1 Å². The van der Waals surface area contributed by atoms with Crippen molar-refractivity contribution in [2.75, 3.05) is 32.7 Å². The zero-order chi connectivity index (χ0) is 21.1. The molecule has 1 aliphatic heterocycles. The lowest BCUT2D eigenvalue weighted by Crippen LogP contribution is -2.49. The predicted octanol–water partition coefficient (Wildman–Crippen LogP) is 3.25. The van der Waals surface area contributed by atoms with Crippen molar-refractivity contribution in [3.05, 3.63) is 65.0 Å². The van der Waals surface area contributed by atoms with E-state index in [0.717, 1.165) is 17.7 Å². The number of rotatable bonds is 6. The molecule has 1 saturated heterocycles. The Bertz CT molecular complexity index is 1110. The van der Waals surface area contributed by atoms with Crippen LogP contribution in [0.15, 0.2) is 57.8 Å². The van der Waals surface area contributed by atoms with Gasteiger partial charge in [-0.3, -0.25) is 0 Å². The Morgan fingerprint density at radius 3 is 2.47 bits per heavy atom. The molecule has 1 fully saturated rings. The van der Waals surface area contributed by atoms with Gasteiger partial charge in [0.1, 0.15) is 0 Å². The van der Waals surface area contributed by atoms with Crippen LogP contribution in [0.3, 0.4) is 0 Å². The quantitative estimate of drug-likeness (QED) is 0.578. The number of sulfonamides is 1. The second-order valence-corrected chi connectivity index (χ2v) is 9.62. The first-order valence-electron chi connectivity index (χ1n) is 9.80. The lowest BCUT2D eigenvalue weighted by molar-refractivity contribution is 0.187. The minimum atomic E-state index is -3.54. The van der Waals surface area contributed by atoms with Gasteiger partial charge in [-0.25, -0.2) is 8.42 Å². The minimum absolute atomic E-state index is 0.242. The second kappa shape index (κ2) is 8.85. The van der Waals surface area contributed by atoms with E-state index in [9.17, 15) is 8.42 Å². The molecule has 0 saturated carbocycles. The molecule has 1 aliphatic rings. The summed E-state index contributed by atoms with van der Waals surface area (Å²) >= 11 is 6.11. The van der Waals surface area contributed by atoms with Crippen molar-refractivity contribution in [3.8, 4) is 11.5 Å². The van der Waals surface area contributed by atoms with Gasteiger partial charge in [0.05, 0.1) is 4.90 Å². The van der Waals surface area contributed by atoms with Crippen LogP contribution in [-0.2, 0) is 16.4 Å². The monoisotopic (exact) mass is 446 g/mol. The summed E-state index contributed by atoms with van der Waals surface area (Å²) in [7, 11) is -3.54. The van der Waals surface area contributed by atoms with Gasteiger partial charge in [-0.1, -0.05) is 35.9 Å². The molecule has 0 spiro atoms. The molecule has 2 heterocycles. The van der Waals surface area contributed by atoms with Gasteiger partial charge >= 0.3 is 0 Å². The summed E-state index contributed by atoms with van der Waals surface area (Å²) in [6.45, 7) is 4.77. The van der Waals surface area contributed by atoms with Gasteiger partial charge in [0.15, 0.2) is 0 Å². The van der Waals surface area contributed by atoms with Crippen molar-refractivity contribution < 1.29 is 12.8 Å². The third-order valence-electron chi connectivity index (χ3n) is 5.24. The summed E-state index contributed by atoms with van der Waals surface area (Å²) < 4.78 is 33.0. The zero-order valence-electron chi connectivity index (χ0n) is 16.7. The molecule has 0 amide bonds. The van der Waals surface area contributed by atoms with Gasteiger partial charge in [0.2, 0.25) is 21.8 Å². The molecular weight excluding hydrogens is 424 g/mol. The molecule has 0 bridgehead atoms. The number of nitrogens with zero attached hydrogens (tertiary/aromatic N) is 4. The number of aromatic nitrogens is 2. The highest BCUT2D eigenvalue weighted by atomic mass is 35.5. The molecule has 0 radical (unpaired) electrons. The zero-order valence-corrected chi connectivity index (χ0v) is 18.2. The number of halogens is 1. The van der Waals surface area contributed by atoms with Crippen molar-refractivity contribution >= 4 is 21.6 Å². The maximum Gasteiger partial charge on any atom is 0.247 e. The van der Waals surface area contributed by atoms with Crippen LogP contribution < -0.4 is 0 Å². The molecule has 158 valence electrons. The number of aryl methyl sites for hydroxylation is 1. The van der Waals surface area contributed by atoms with Crippen LogP contribution in [0.1, 0.15) is 11.5 Å². The first kappa shape index (κ1) is 21.0. The first-order chi connectivity index (χ1) is 14.4. The standard InChI is InChI=1S/C21H23ClN4O3S/c1-16-7-8-18(15-19(16)22)30(27,28)26-13-11-25(12-14-26)10-9-20-23-24-21(29-20)17-5-3-2-4-6-17/h2-8,15H,9-14H2,1H3. The van der Waals surface area contributed by atoms with E-state index in [1.807, 2.05) is 37.3 Å². The second-order valence-electron chi connectivity index (χ2n) is 7.27. The van der Waals surface area contributed by atoms with E-state index in [0.29, 0.717) is 49.4 Å². The normalized spacial score (nSPS) is 16.1. The van der Waals surface area contributed by atoms with Crippen molar-refractivity contribution in [2.45, 2.75) is 18.2 Å². The summed E-state index contributed by atoms with van der Waals surface area (Å²) in [6, 6.07) is 14.5. The molecule has 3 aromatic rings. The van der Waals surface area contributed by atoms with E-state index < -0.39 is 10.0 Å². The Kier molecular flexibility index (Phi) is 6.19. The molecule has 1 aromatic heterocycles. The summed E-state index contributed by atoms with van der Waals surface area (Å²) in [4.78, 5) is 2.45. The van der Waals surface area contributed by atoms with Gasteiger partial charge in [-0.05, 0) is 36.8 Å². The van der Waals surface area contributed by atoms with Gasteiger partial charge in [-0.15, -0.1) is 10.2 Å². The smallest absolute Gasteiger partial charge is 0.247 e. The van der Waals surface area contributed by atoms with E-state index in [2.05, 4.69) is 15.1 Å². The highest BCUT2D eigenvalue weighted by Gasteiger charge is 2.28. The van der Waals surface area contributed by atoms with Crippen molar-refractivity contribution in [1.29, 1.82) is 0 Å². The number of benzene rings is 2. The third-order valence-corrected chi connectivity index (χ3v) is 7.54. The fourth-order valence-electron chi connectivity index (χ4n) is 3.38. The van der Waals surface area contributed by atoms with E-state index >= 15 is 0 Å². The topological polar surface area (TPSA) is 79.5 Å². The van der Waals surface area contributed by atoms with E-state index in [4.69, 9.17) is 16.0 Å². The van der Waals surface area contributed by atoms with Gasteiger partial charge < -0.3 is 9.32 Å². The lowest BCUT2D eigenvalue weighted by Gasteiger charge is -2.33. The lowest BCUT2D eigenvalue weighted by atomic mass is 10.2. The van der Waals surface area contributed by atoms with Crippen LogP contribution in [0.2, 0.25) is 5.02 Å². The average Bonchev–Trinajstić information content (AvgIpc) is 3.24. The number of piperazine rings is 1. The highest BCUT2D eigenvalue weighted by Crippen LogP contribution is 2.24. The van der Waals surface area contributed by atoms with Crippen LogP contribution in [0.4, 0.5) is 0 Å². The van der Waals surface area contributed by atoms with Gasteiger partial charge in [-0.2, -0.15) is 4.31 Å². The SMILES string of the molecule is Cc1ccc(S(=O)(=O)N2CCN(CCc3nnc(-c4ccccc4)o3)CC2)cc1Cl. The molecule has 0 N–H and O–H groups in total. The Hall–Kier alpha value is -2.26. The van der Waals surface area contributed by atoms with Crippen LogP contribution in [0.5, 0.6) is 0 Å². The minimum Gasteiger partial charge on any atom is -0.421 e. The Morgan fingerprint density at radius 2 is 1.77 bits per heavy atom. The maximum atomic E-state index is 12.9. The van der Waals surface area contributed by atoms with Crippen molar-refractivity contribution in [2.24, 2.45) is 0 Å². The largest absolute Gasteiger partial charge is 0.421 e. The summed E-state index contributed by atoms with van der Waals surface area (Å²) in [5.74, 6) is 1.09. The van der Waals surface area contributed by atoms with Crippen molar-refractivity contribution in [3.63, 3.8) is 0 Å². The third kappa shape index (κ3) is 4.57. The first-order valence-corrected chi connectivity index (χ1v) is 11.6. The molecule has 0 unspecified atom stereocenters. The van der Waals surface area contributed by atoms with Gasteiger partial charge in [0, 0.05) is 49.7 Å². The highest BCUT2D eigenvalue weighted by molar-refractivity contribution is 7.89. The molecule has 4 rings (SSSR count). The fraction of sp³-hybridized carbons (Fsp3) is 0.333. The molecule has 9 heteroatoms. The molecule has 0 atom stereocenters. The molecular formula is C21H23ClN4O3S. The van der Waals surface area contributed by atoms with E-state index in [1.165, 1.54) is 10.4 Å². The molecule has 30 heavy (non-hydrogen) atoms. The summed E-state index contributed by atoms with van der Waals surface area (Å²) in [5.41, 5.74) is 1.75. The molecule has 7 nitrogen and oxygen atoms in total.